The number of hydrogen-bond donors (Lipinski definition) is 2. The Labute approximate surface area is 93.3 Å². The molecule has 1 amide bonds. The maximum absolute atomic E-state index is 11.5. The molecule has 16 heavy (non-hydrogen) atoms. The summed E-state index contributed by atoms with van der Waals surface area (Å²) in [6, 6.07) is 9.55. The molecule has 1 aromatic rings. The van der Waals surface area contributed by atoms with Gasteiger partial charge in [0.2, 0.25) is 5.91 Å². The maximum atomic E-state index is 11.5. The minimum Gasteiger partial charge on any atom is -0.481 e. The highest BCUT2D eigenvalue weighted by Gasteiger charge is 2.48. The van der Waals surface area contributed by atoms with Gasteiger partial charge < -0.3 is 10.4 Å². The Morgan fingerprint density at radius 2 is 1.94 bits per heavy atom. The van der Waals surface area contributed by atoms with Gasteiger partial charge in [0.1, 0.15) is 0 Å². The molecule has 0 saturated heterocycles. The van der Waals surface area contributed by atoms with Crippen molar-refractivity contribution < 1.29 is 14.7 Å². The number of carboxylic acids is 1. The van der Waals surface area contributed by atoms with E-state index in [0.29, 0.717) is 13.0 Å². The third-order valence-corrected chi connectivity index (χ3v) is 2.75. The molecule has 0 aliphatic heterocycles. The molecule has 1 aliphatic carbocycles. The molecule has 0 spiro atoms. The van der Waals surface area contributed by atoms with Crippen molar-refractivity contribution in [3.05, 3.63) is 35.9 Å². The van der Waals surface area contributed by atoms with Crippen LogP contribution in [0.1, 0.15) is 12.0 Å². The third-order valence-electron chi connectivity index (χ3n) is 2.75. The van der Waals surface area contributed by atoms with Crippen molar-refractivity contribution in [3.8, 4) is 0 Å². The monoisotopic (exact) mass is 219 g/mol. The number of rotatable bonds is 4. The Balaban J connectivity index is 1.80. The Morgan fingerprint density at radius 3 is 2.50 bits per heavy atom. The molecule has 0 aromatic heterocycles. The zero-order chi connectivity index (χ0) is 11.5. The van der Waals surface area contributed by atoms with Crippen LogP contribution in [0.3, 0.4) is 0 Å². The first-order valence-electron chi connectivity index (χ1n) is 5.23. The molecular weight excluding hydrogens is 206 g/mol. The van der Waals surface area contributed by atoms with E-state index in [-0.39, 0.29) is 11.8 Å². The lowest BCUT2D eigenvalue weighted by Crippen LogP contribution is -2.25. The van der Waals surface area contributed by atoms with Crippen molar-refractivity contribution in [2.24, 2.45) is 11.8 Å². The summed E-state index contributed by atoms with van der Waals surface area (Å²) in [4.78, 5) is 22.1. The average Bonchev–Trinajstić information content (AvgIpc) is 3.07. The summed E-state index contributed by atoms with van der Waals surface area (Å²) in [7, 11) is 0. The molecule has 1 aliphatic rings. The van der Waals surface area contributed by atoms with Gasteiger partial charge in [0.05, 0.1) is 11.8 Å². The fourth-order valence-electron chi connectivity index (χ4n) is 1.67. The number of hydrogen-bond acceptors (Lipinski definition) is 2. The fourth-order valence-corrected chi connectivity index (χ4v) is 1.67. The summed E-state index contributed by atoms with van der Waals surface area (Å²) in [6.45, 7) is 0.461. The van der Waals surface area contributed by atoms with Crippen molar-refractivity contribution in [1.29, 1.82) is 0 Å². The van der Waals surface area contributed by atoms with Crippen LogP contribution in [-0.2, 0) is 16.1 Å². The zero-order valence-corrected chi connectivity index (χ0v) is 8.72. The molecule has 1 saturated carbocycles. The molecule has 2 N–H and O–H groups in total. The van der Waals surface area contributed by atoms with Crippen molar-refractivity contribution in [2.75, 3.05) is 0 Å². The zero-order valence-electron chi connectivity index (χ0n) is 8.72. The van der Waals surface area contributed by atoms with Gasteiger partial charge in [0.15, 0.2) is 0 Å². The summed E-state index contributed by atoms with van der Waals surface area (Å²) in [5.41, 5.74) is 1.02. The van der Waals surface area contributed by atoms with Crippen molar-refractivity contribution in [2.45, 2.75) is 13.0 Å². The van der Waals surface area contributed by atoms with Crippen LogP contribution in [-0.4, -0.2) is 17.0 Å². The predicted molar refractivity (Wildman–Crippen MR) is 57.5 cm³/mol. The number of aliphatic carboxylic acids is 1. The van der Waals surface area contributed by atoms with E-state index in [1.165, 1.54) is 0 Å². The maximum Gasteiger partial charge on any atom is 0.307 e. The van der Waals surface area contributed by atoms with E-state index in [1.807, 2.05) is 30.3 Å². The number of benzene rings is 1. The number of carbonyl (C=O) groups is 2. The van der Waals surface area contributed by atoms with Gasteiger partial charge in [-0.25, -0.2) is 0 Å². The van der Waals surface area contributed by atoms with Gasteiger partial charge in [0, 0.05) is 6.54 Å². The number of carboxylic acid groups (broad SMARTS) is 1. The van der Waals surface area contributed by atoms with Crippen LogP contribution in [0.15, 0.2) is 30.3 Å². The second-order valence-electron chi connectivity index (χ2n) is 3.99. The Kier molecular flexibility index (Phi) is 2.90. The molecule has 1 fully saturated rings. The third kappa shape index (κ3) is 2.39. The predicted octanol–water partition coefficient (Wildman–Crippen LogP) is 1.02. The number of carbonyl (C=O) groups excluding carboxylic acids is 1. The molecule has 0 radical (unpaired) electrons. The quantitative estimate of drug-likeness (QED) is 0.794. The van der Waals surface area contributed by atoms with Crippen LogP contribution in [0.4, 0.5) is 0 Å². The van der Waals surface area contributed by atoms with Gasteiger partial charge in [-0.15, -0.1) is 0 Å². The largest absolute Gasteiger partial charge is 0.481 e. The SMILES string of the molecule is O=C(O)[C@@H]1C[C@H]1C(=O)NCc1ccccc1. The van der Waals surface area contributed by atoms with Gasteiger partial charge in [-0.05, 0) is 12.0 Å². The first-order chi connectivity index (χ1) is 7.68. The van der Waals surface area contributed by atoms with Crippen LogP contribution >= 0.6 is 0 Å². The summed E-state index contributed by atoms with van der Waals surface area (Å²) < 4.78 is 0. The van der Waals surface area contributed by atoms with Gasteiger partial charge >= 0.3 is 5.97 Å². The molecule has 4 nitrogen and oxygen atoms in total. The van der Waals surface area contributed by atoms with Crippen LogP contribution in [0.5, 0.6) is 0 Å². The molecule has 0 heterocycles. The topological polar surface area (TPSA) is 66.4 Å². The molecule has 2 atom stereocenters. The lowest BCUT2D eigenvalue weighted by Gasteiger charge is -2.03. The molecule has 0 unspecified atom stereocenters. The van der Waals surface area contributed by atoms with Gasteiger partial charge in [0.25, 0.3) is 0 Å². The van der Waals surface area contributed by atoms with Crippen LogP contribution < -0.4 is 5.32 Å². The second-order valence-corrected chi connectivity index (χ2v) is 3.99. The Bertz CT molecular complexity index is 402. The first kappa shape index (κ1) is 10.7. The second kappa shape index (κ2) is 4.35. The molecule has 0 bridgehead atoms. The standard InChI is InChI=1S/C12H13NO3/c14-11(9-6-10(9)12(15)16)13-7-8-4-2-1-3-5-8/h1-5,9-10H,6-7H2,(H,13,14)(H,15,16)/t9-,10-/m1/s1. The lowest BCUT2D eigenvalue weighted by molar-refractivity contribution is -0.140. The Hall–Kier alpha value is -1.84. The molecule has 2 rings (SSSR count). The molecule has 4 heteroatoms. The van der Waals surface area contributed by atoms with Crippen LogP contribution in [0, 0.1) is 11.8 Å². The summed E-state index contributed by atoms with van der Waals surface area (Å²) in [5, 5.41) is 11.4. The Morgan fingerprint density at radius 1 is 1.25 bits per heavy atom. The van der Waals surface area contributed by atoms with Gasteiger partial charge in [-0.1, -0.05) is 30.3 Å². The van der Waals surface area contributed by atoms with Crippen LogP contribution in [0.2, 0.25) is 0 Å². The van der Waals surface area contributed by atoms with E-state index < -0.39 is 11.9 Å². The normalized spacial score (nSPS) is 22.5. The van der Waals surface area contributed by atoms with E-state index in [4.69, 9.17) is 5.11 Å². The number of nitrogens with one attached hydrogen (secondary N) is 1. The minimum atomic E-state index is -0.875. The lowest BCUT2D eigenvalue weighted by atomic mass is 10.2. The van der Waals surface area contributed by atoms with E-state index in [1.54, 1.807) is 0 Å². The highest BCUT2D eigenvalue weighted by molar-refractivity contribution is 5.89. The fraction of sp³-hybridized carbons (Fsp3) is 0.333. The molecular formula is C12H13NO3. The summed E-state index contributed by atoms with van der Waals surface area (Å²) in [6.07, 6.45) is 0.468. The van der Waals surface area contributed by atoms with E-state index >= 15 is 0 Å². The first-order valence-corrected chi connectivity index (χ1v) is 5.23. The van der Waals surface area contributed by atoms with E-state index in [2.05, 4.69) is 5.32 Å². The average molecular weight is 219 g/mol. The van der Waals surface area contributed by atoms with E-state index in [9.17, 15) is 9.59 Å². The van der Waals surface area contributed by atoms with Gasteiger partial charge in [-0.3, -0.25) is 9.59 Å². The number of amides is 1. The molecule has 1 aromatic carbocycles. The highest BCUT2D eigenvalue weighted by atomic mass is 16.4. The minimum absolute atomic E-state index is 0.156. The van der Waals surface area contributed by atoms with Crippen molar-refractivity contribution >= 4 is 11.9 Å². The van der Waals surface area contributed by atoms with Crippen LogP contribution in [0.25, 0.3) is 0 Å². The summed E-state index contributed by atoms with van der Waals surface area (Å²) in [5.74, 6) is -1.84. The molecule has 84 valence electrons. The highest BCUT2D eigenvalue weighted by Crippen LogP contribution is 2.38. The summed E-state index contributed by atoms with van der Waals surface area (Å²) >= 11 is 0. The van der Waals surface area contributed by atoms with Crippen molar-refractivity contribution in [1.82, 2.24) is 5.32 Å². The smallest absolute Gasteiger partial charge is 0.307 e. The van der Waals surface area contributed by atoms with Gasteiger partial charge in [-0.2, -0.15) is 0 Å². The van der Waals surface area contributed by atoms with E-state index in [0.717, 1.165) is 5.56 Å². The van der Waals surface area contributed by atoms with Crippen molar-refractivity contribution in [3.63, 3.8) is 0 Å².